The number of carbonyl (C=O) groups excluding carboxylic acids is 1. The number of carbonyl (C=O) groups is 1. The van der Waals surface area contributed by atoms with Crippen LogP contribution in [0.1, 0.15) is 11.1 Å². The number of urea groups is 1. The summed E-state index contributed by atoms with van der Waals surface area (Å²) in [6.45, 7) is 1.93. The lowest BCUT2D eigenvalue weighted by Gasteiger charge is -2.36. The molecular weight excluding hydrogens is 374 g/mol. The fraction of sp³-hybridized carbons (Fsp3) is 0.350. The minimum atomic E-state index is -4.41. The molecule has 3 rings (SSSR count). The molecule has 0 radical (unpaired) electrons. The highest BCUT2D eigenvalue weighted by Gasteiger charge is 2.32. The van der Waals surface area contributed by atoms with Crippen molar-refractivity contribution in [2.75, 3.05) is 37.6 Å². The van der Waals surface area contributed by atoms with E-state index < -0.39 is 11.7 Å². The zero-order valence-electron chi connectivity index (χ0n) is 15.2. The zero-order valence-corrected chi connectivity index (χ0v) is 15.2. The molecule has 4 nitrogen and oxygen atoms in total. The number of nitrogens with zero attached hydrogens (tertiary/aromatic N) is 2. The summed E-state index contributed by atoms with van der Waals surface area (Å²) in [4.78, 5) is 15.7. The van der Waals surface area contributed by atoms with Gasteiger partial charge >= 0.3 is 12.2 Å². The minimum Gasteiger partial charge on any atom is -0.366 e. The predicted octanol–water partition coefficient (Wildman–Crippen LogP) is 3.92. The summed E-state index contributed by atoms with van der Waals surface area (Å²) in [6, 6.07) is 11.5. The van der Waals surface area contributed by atoms with Crippen molar-refractivity contribution in [3.63, 3.8) is 0 Å². The van der Waals surface area contributed by atoms with Crippen molar-refractivity contribution < 1.29 is 22.4 Å². The maximum absolute atomic E-state index is 13.9. The number of hydrogen-bond donors (Lipinski definition) is 1. The molecule has 150 valence electrons. The molecule has 1 heterocycles. The molecule has 0 aliphatic carbocycles. The number of nitrogens with one attached hydrogen (secondary N) is 1. The van der Waals surface area contributed by atoms with Gasteiger partial charge in [0.25, 0.3) is 0 Å². The molecule has 28 heavy (non-hydrogen) atoms. The van der Waals surface area contributed by atoms with E-state index in [2.05, 4.69) is 5.32 Å². The fourth-order valence-electron chi connectivity index (χ4n) is 3.29. The van der Waals surface area contributed by atoms with Gasteiger partial charge in [-0.15, -0.1) is 0 Å². The number of amides is 2. The van der Waals surface area contributed by atoms with E-state index in [1.807, 2.05) is 4.90 Å². The second-order valence-corrected chi connectivity index (χ2v) is 6.56. The molecule has 8 heteroatoms. The van der Waals surface area contributed by atoms with Crippen molar-refractivity contribution in [2.45, 2.75) is 12.6 Å². The van der Waals surface area contributed by atoms with Crippen LogP contribution in [0.4, 0.5) is 28.0 Å². The topological polar surface area (TPSA) is 35.6 Å². The molecule has 1 saturated heterocycles. The van der Waals surface area contributed by atoms with Gasteiger partial charge in [0.15, 0.2) is 0 Å². The Morgan fingerprint density at radius 3 is 2.29 bits per heavy atom. The van der Waals surface area contributed by atoms with Crippen LogP contribution in [0.25, 0.3) is 0 Å². The number of rotatable bonds is 4. The highest BCUT2D eigenvalue weighted by Crippen LogP contribution is 2.31. The van der Waals surface area contributed by atoms with Crippen LogP contribution in [0.3, 0.4) is 0 Å². The number of halogens is 4. The van der Waals surface area contributed by atoms with E-state index in [0.717, 1.165) is 6.07 Å². The van der Waals surface area contributed by atoms with Gasteiger partial charge in [-0.2, -0.15) is 13.2 Å². The second kappa shape index (κ2) is 8.50. The normalized spacial score (nSPS) is 14.9. The summed E-state index contributed by atoms with van der Waals surface area (Å²) >= 11 is 0. The molecule has 0 bridgehead atoms. The first-order chi connectivity index (χ1) is 13.4. The van der Waals surface area contributed by atoms with E-state index in [4.69, 9.17) is 0 Å². The third-order valence-corrected chi connectivity index (χ3v) is 4.75. The Balaban J connectivity index is 1.49. The molecule has 1 fully saturated rings. The first-order valence-corrected chi connectivity index (χ1v) is 9.03. The first-order valence-electron chi connectivity index (χ1n) is 9.03. The van der Waals surface area contributed by atoms with Gasteiger partial charge in [0, 0.05) is 32.7 Å². The average molecular weight is 395 g/mol. The van der Waals surface area contributed by atoms with E-state index in [1.165, 1.54) is 18.2 Å². The van der Waals surface area contributed by atoms with E-state index in [9.17, 15) is 22.4 Å². The largest absolute Gasteiger partial charge is 0.416 e. The Morgan fingerprint density at radius 1 is 0.964 bits per heavy atom. The first kappa shape index (κ1) is 20.0. The van der Waals surface area contributed by atoms with Crippen molar-refractivity contribution in [3.05, 3.63) is 65.5 Å². The van der Waals surface area contributed by atoms with Crippen molar-refractivity contribution in [2.24, 2.45) is 0 Å². The summed E-state index contributed by atoms with van der Waals surface area (Å²) in [5.41, 5.74) is -0.0197. The Bertz CT molecular complexity index is 817. The van der Waals surface area contributed by atoms with Gasteiger partial charge in [0.2, 0.25) is 0 Å². The van der Waals surface area contributed by atoms with Crippen LogP contribution in [-0.4, -0.2) is 43.7 Å². The van der Waals surface area contributed by atoms with Crippen LogP contribution < -0.4 is 10.2 Å². The Hall–Kier alpha value is -2.77. The maximum Gasteiger partial charge on any atom is 0.416 e. The minimum absolute atomic E-state index is 0.0939. The third-order valence-electron chi connectivity index (χ3n) is 4.75. The Morgan fingerprint density at radius 2 is 1.61 bits per heavy atom. The summed E-state index contributed by atoms with van der Waals surface area (Å²) in [5, 5.41) is 2.67. The molecule has 1 aliphatic rings. The summed E-state index contributed by atoms with van der Waals surface area (Å²) < 4.78 is 52.9. The lowest BCUT2D eigenvalue weighted by Crippen LogP contribution is -2.52. The fourth-order valence-corrected chi connectivity index (χ4v) is 3.29. The molecule has 0 atom stereocenters. The smallest absolute Gasteiger partial charge is 0.366 e. The Kier molecular flexibility index (Phi) is 6.06. The quantitative estimate of drug-likeness (QED) is 0.797. The SMILES string of the molecule is O=C(NCCc1ccccc1C(F)(F)F)N1CCN(c2ccccc2F)CC1. The average Bonchev–Trinajstić information content (AvgIpc) is 2.68. The molecule has 2 aromatic rings. The standard InChI is InChI=1S/C20H21F4N3O/c21-17-7-3-4-8-18(17)26-11-13-27(14-12-26)19(28)25-10-9-15-5-1-2-6-16(15)20(22,23)24/h1-8H,9-14H2,(H,25,28). The number of hydrogen-bond acceptors (Lipinski definition) is 2. The summed E-state index contributed by atoms with van der Waals surface area (Å²) in [5.74, 6) is -0.302. The van der Waals surface area contributed by atoms with Crippen LogP contribution in [0.2, 0.25) is 0 Å². The van der Waals surface area contributed by atoms with Crippen LogP contribution in [-0.2, 0) is 12.6 Å². The van der Waals surface area contributed by atoms with Crippen LogP contribution in [0.15, 0.2) is 48.5 Å². The van der Waals surface area contributed by atoms with Gasteiger partial charge in [-0.1, -0.05) is 30.3 Å². The van der Waals surface area contributed by atoms with E-state index in [-0.39, 0.29) is 30.4 Å². The van der Waals surface area contributed by atoms with Crippen molar-refractivity contribution in [1.82, 2.24) is 10.2 Å². The number of benzene rings is 2. The zero-order chi connectivity index (χ0) is 20.1. The second-order valence-electron chi connectivity index (χ2n) is 6.56. The highest BCUT2D eigenvalue weighted by molar-refractivity contribution is 5.74. The number of anilines is 1. The Labute approximate surface area is 160 Å². The molecule has 2 aromatic carbocycles. The molecule has 2 amide bonds. The number of piperazine rings is 1. The van der Waals surface area contributed by atoms with Crippen molar-refractivity contribution in [3.8, 4) is 0 Å². The van der Waals surface area contributed by atoms with Crippen LogP contribution in [0, 0.1) is 5.82 Å². The molecule has 1 N–H and O–H groups in total. The molecule has 0 aromatic heterocycles. The van der Waals surface area contributed by atoms with E-state index >= 15 is 0 Å². The van der Waals surface area contributed by atoms with Gasteiger partial charge in [0.1, 0.15) is 5.82 Å². The number of alkyl halides is 3. The van der Waals surface area contributed by atoms with Crippen LogP contribution in [0.5, 0.6) is 0 Å². The van der Waals surface area contributed by atoms with E-state index in [1.54, 1.807) is 29.2 Å². The molecule has 0 unspecified atom stereocenters. The van der Waals surface area contributed by atoms with Gasteiger partial charge < -0.3 is 15.1 Å². The van der Waals surface area contributed by atoms with Gasteiger partial charge in [-0.25, -0.2) is 9.18 Å². The molecule has 0 spiro atoms. The van der Waals surface area contributed by atoms with Crippen molar-refractivity contribution >= 4 is 11.7 Å². The monoisotopic (exact) mass is 395 g/mol. The predicted molar refractivity (Wildman–Crippen MR) is 98.7 cm³/mol. The van der Waals surface area contributed by atoms with Crippen molar-refractivity contribution in [1.29, 1.82) is 0 Å². The molecule has 0 saturated carbocycles. The van der Waals surface area contributed by atoms with Gasteiger partial charge in [0.05, 0.1) is 11.3 Å². The van der Waals surface area contributed by atoms with Gasteiger partial charge in [-0.3, -0.25) is 0 Å². The summed E-state index contributed by atoms with van der Waals surface area (Å²) in [6.07, 6.45) is -4.32. The number of para-hydroxylation sites is 1. The molecule has 1 aliphatic heterocycles. The molecular formula is C20H21F4N3O. The summed E-state index contributed by atoms with van der Waals surface area (Å²) in [7, 11) is 0. The van der Waals surface area contributed by atoms with Crippen LogP contribution >= 0.6 is 0 Å². The van der Waals surface area contributed by atoms with E-state index in [0.29, 0.717) is 31.9 Å². The highest BCUT2D eigenvalue weighted by atomic mass is 19.4. The lowest BCUT2D eigenvalue weighted by molar-refractivity contribution is -0.138. The third kappa shape index (κ3) is 4.74. The van der Waals surface area contributed by atoms with Gasteiger partial charge in [-0.05, 0) is 30.2 Å². The maximum atomic E-state index is 13.9. The lowest BCUT2D eigenvalue weighted by atomic mass is 10.0.